The van der Waals surface area contributed by atoms with Crippen LogP contribution in [0.4, 0.5) is 0 Å². The monoisotopic (exact) mass is 510 g/mol. The second-order valence-corrected chi connectivity index (χ2v) is 9.93. The Labute approximate surface area is 218 Å². The average molecular weight is 511 g/mol. The smallest absolute Gasteiger partial charge is 0.243 e. The van der Waals surface area contributed by atoms with Gasteiger partial charge in [0.25, 0.3) is 0 Å². The van der Waals surface area contributed by atoms with Crippen molar-refractivity contribution in [3.8, 4) is 0 Å². The van der Waals surface area contributed by atoms with Crippen molar-refractivity contribution >= 4 is 35.0 Å². The van der Waals surface area contributed by atoms with E-state index in [0.717, 1.165) is 16.7 Å². The molecule has 1 N–H and O–H groups in total. The van der Waals surface area contributed by atoms with Crippen LogP contribution in [0.25, 0.3) is 0 Å². The number of hydrogen-bond acceptors (Lipinski definition) is 2. The van der Waals surface area contributed by atoms with Gasteiger partial charge in [0, 0.05) is 36.0 Å². The Hall–Kier alpha value is -2.82. The van der Waals surface area contributed by atoms with Gasteiger partial charge in [-0.2, -0.15) is 0 Å². The topological polar surface area (TPSA) is 49.4 Å². The van der Waals surface area contributed by atoms with Gasteiger partial charge in [-0.15, -0.1) is 0 Å². The summed E-state index contributed by atoms with van der Waals surface area (Å²) in [5.41, 5.74) is 2.82. The molecule has 0 aliphatic rings. The SMILES string of the molecule is CC(C)CNC(=O)[C@@H](Cc1ccccc1)N(Cc1ccc(Cl)cc1)C(=O)CCc1ccccc1Cl. The number of aryl methyl sites for hydroxylation is 1. The zero-order valence-electron chi connectivity index (χ0n) is 20.2. The maximum absolute atomic E-state index is 13.7. The average Bonchev–Trinajstić information content (AvgIpc) is 2.85. The van der Waals surface area contributed by atoms with Crippen molar-refractivity contribution in [2.75, 3.05) is 6.54 Å². The first-order chi connectivity index (χ1) is 16.8. The molecule has 0 spiro atoms. The third-order valence-electron chi connectivity index (χ3n) is 5.79. The standard InChI is InChI=1S/C29H32Cl2N2O2/c1-21(2)19-32-29(35)27(18-22-8-4-3-5-9-22)33(20-23-12-15-25(30)16-13-23)28(34)17-14-24-10-6-7-11-26(24)31/h3-13,15-16,21,27H,14,17-20H2,1-2H3,(H,32,35)/t27-/m1/s1. The van der Waals surface area contributed by atoms with Gasteiger partial charge < -0.3 is 10.2 Å². The van der Waals surface area contributed by atoms with E-state index in [2.05, 4.69) is 5.32 Å². The summed E-state index contributed by atoms with van der Waals surface area (Å²) in [4.78, 5) is 28.8. The van der Waals surface area contributed by atoms with Crippen molar-refractivity contribution in [1.82, 2.24) is 10.2 Å². The third-order valence-corrected chi connectivity index (χ3v) is 6.41. The maximum atomic E-state index is 13.7. The lowest BCUT2D eigenvalue weighted by Gasteiger charge is -2.32. The van der Waals surface area contributed by atoms with Gasteiger partial charge in [0.15, 0.2) is 0 Å². The minimum absolute atomic E-state index is 0.0968. The number of halogens is 2. The highest BCUT2D eigenvalue weighted by Crippen LogP contribution is 2.20. The van der Waals surface area contributed by atoms with E-state index in [-0.39, 0.29) is 18.2 Å². The Balaban J connectivity index is 1.90. The largest absolute Gasteiger partial charge is 0.354 e. The molecule has 0 bridgehead atoms. The molecule has 0 aliphatic carbocycles. The fourth-order valence-electron chi connectivity index (χ4n) is 3.85. The number of nitrogens with zero attached hydrogens (tertiary/aromatic N) is 1. The molecular weight excluding hydrogens is 479 g/mol. The Morgan fingerprint density at radius 2 is 1.51 bits per heavy atom. The Morgan fingerprint density at radius 3 is 2.17 bits per heavy atom. The van der Waals surface area contributed by atoms with Crippen LogP contribution in [-0.4, -0.2) is 29.3 Å². The highest BCUT2D eigenvalue weighted by atomic mass is 35.5. The van der Waals surface area contributed by atoms with E-state index in [4.69, 9.17) is 23.2 Å². The number of amides is 2. The molecule has 2 amide bonds. The van der Waals surface area contributed by atoms with Gasteiger partial charge in [-0.1, -0.05) is 97.7 Å². The van der Waals surface area contributed by atoms with Crippen molar-refractivity contribution in [3.63, 3.8) is 0 Å². The Bertz CT molecular complexity index is 1100. The lowest BCUT2D eigenvalue weighted by atomic mass is 10.0. The molecule has 0 radical (unpaired) electrons. The fourth-order valence-corrected chi connectivity index (χ4v) is 4.21. The van der Waals surface area contributed by atoms with E-state index >= 15 is 0 Å². The number of hydrogen-bond donors (Lipinski definition) is 1. The van der Waals surface area contributed by atoms with E-state index in [1.807, 2.05) is 80.6 Å². The van der Waals surface area contributed by atoms with E-state index in [1.54, 1.807) is 17.0 Å². The molecule has 1 atom stereocenters. The van der Waals surface area contributed by atoms with Crippen molar-refractivity contribution in [2.24, 2.45) is 5.92 Å². The molecule has 4 nitrogen and oxygen atoms in total. The molecule has 3 aromatic carbocycles. The Morgan fingerprint density at radius 1 is 0.857 bits per heavy atom. The lowest BCUT2D eigenvalue weighted by Crippen LogP contribution is -2.51. The normalized spacial score (nSPS) is 11.8. The molecule has 184 valence electrons. The second-order valence-electron chi connectivity index (χ2n) is 9.08. The van der Waals surface area contributed by atoms with Crippen molar-refractivity contribution in [1.29, 1.82) is 0 Å². The van der Waals surface area contributed by atoms with Crippen molar-refractivity contribution in [3.05, 3.63) is 106 Å². The first kappa shape index (κ1) is 26.8. The first-order valence-electron chi connectivity index (χ1n) is 11.9. The molecule has 0 saturated carbocycles. The van der Waals surface area contributed by atoms with Crippen LogP contribution in [-0.2, 0) is 29.0 Å². The number of rotatable bonds is 11. The Kier molecular flexibility index (Phi) is 10.2. The number of benzene rings is 3. The number of nitrogens with one attached hydrogen (secondary N) is 1. The summed E-state index contributed by atoms with van der Waals surface area (Å²) in [6.45, 7) is 4.96. The summed E-state index contributed by atoms with van der Waals surface area (Å²) in [5, 5.41) is 4.31. The van der Waals surface area contributed by atoms with Crippen molar-refractivity contribution in [2.45, 2.75) is 45.7 Å². The van der Waals surface area contributed by atoms with Crippen LogP contribution in [0.1, 0.15) is 37.0 Å². The van der Waals surface area contributed by atoms with Gasteiger partial charge in [-0.25, -0.2) is 0 Å². The van der Waals surface area contributed by atoms with Gasteiger partial charge in [0.2, 0.25) is 11.8 Å². The van der Waals surface area contributed by atoms with Gasteiger partial charge in [-0.05, 0) is 47.2 Å². The molecule has 0 aliphatic heterocycles. The minimum atomic E-state index is -0.648. The summed E-state index contributed by atoms with van der Waals surface area (Å²) in [6, 6.07) is 24.1. The van der Waals surface area contributed by atoms with E-state index in [1.165, 1.54) is 0 Å². The summed E-state index contributed by atoms with van der Waals surface area (Å²) in [5.74, 6) is 0.0556. The zero-order chi connectivity index (χ0) is 25.2. The summed E-state index contributed by atoms with van der Waals surface area (Å²) in [7, 11) is 0. The predicted octanol–water partition coefficient (Wildman–Crippen LogP) is 6.34. The molecule has 0 fully saturated rings. The molecule has 0 saturated heterocycles. The summed E-state index contributed by atoms with van der Waals surface area (Å²) >= 11 is 12.4. The highest BCUT2D eigenvalue weighted by Gasteiger charge is 2.30. The van der Waals surface area contributed by atoms with Gasteiger partial charge >= 0.3 is 0 Å². The van der Waals surface area contributed by atoms with E-state index in [9.17, 15) is 9.59 Å². The van der Waals surface area contributed by atoms with E-state index in [0.29, 0.717) is 41.9 Å². The maximum Gasteiger partial charge on any atom is 0.243 e. The molecule has 0 aromatic heterocycles. The van der Waals surface area contributed by atoms with Crippen LogP contribution in [0.2, 0.25) is 10.0 Å². The van der Waals surface area contributed by atoms with Crippen molar-refractivity contribution < 1.29 is 9.59 Å². The third kappa shape index (κ3) is 8.41. The number of carbonyl (C=O) groups excluding carboxylic acids is 2. The van der Waals surface area contributed by atoms with Gasteiger partial charge in [0.1, 0.15) is 6.04 Å². The van der Waals surface area contributed by atoms with Crippen LogP contribution in [0.3, 0.4) is 0 Å². The van der Waals surface area contributed by atoms with Gasteiger partial charge in [-0.3, -0.25) is 9.59 Å². The summed E-state index contributed by atoms with van der Waals surface area (Å²) < 4.78 is 0. The fraction of sp³-hybridized carbons (Fsp3) is 0.310. The van der Waals surface area contributed by atoms with Crippen LogP contribution in [0, 0.1) is 5.92 Å². The summed E-state index contributed by atoms with van der Waals surface area (Å²) in [6.07, 6.45) is 1.18. The molecule has 3 rings (SSSR count). The quantitative estimate of drug-likeness (QED) is 0.327. The highest BCUT2D eigenvalue weighted by molar-refractivity contribution is 6.31. The molecular formula is C29H32Cl2N2O2. The number of carbonyl (C=O) groups is 2. The second kappa shape index (κ2) is 13.3. The zero-order valence-corrected chi connectivity index (χ0v) is 21.7. The van der Waals surface area contributed by atoms with Gasteiger partial charge in [0.05, 0.1) is 0 Å². The minimum Gasteiger partial charge on any atom is -0.354 e. The van der Waals surface area contributed by atoms with Crippen LogP contribution in [0.15, 0.2) is 78.9 Å². The molecule has 35 heavy (non-hydrogen) atoms. The van der Waals surface area contributed by atoms with Crippen LogP contribution >= 0.6 is 23.2 Å². The predicted molar refractivity (Wildman–Crippen MR) is 144 cm³/mol. The first-order valence-corrected chi connectivity index (χ1v) is 12.7. The van der Waals surface area contributed by atoms with E-state index < -0.39 is 6.04 Å². The molecule has 0 heterocycles. The van der Waals surface area contributed by atoms with Crippen LogP contribution < -0.4 is 5.32 Å². The lowest BCUT2D eigenvalue weighted by molar-refractivity contribution is -0.141. The molecule has 0 unspecified atom stereocenters. The van der Waals surface area contributed by atoms with Crippen LogP contribution in [0.5, 0.6) is 0 Å². The molecule has 3 aromatic rings. The molecule has 6 heteroatoms.